The number of carbonyl (C=O) groups excluding carboxylic acids is 1. The highest BCUT2D eigenvalue weighted by Gasteiger charge is 2.27. The van der Waals surface area contributed by atoms with Crippen LogP contribution in [0.15, 0.2) is 9.28 Å². The van der Waals surface area contributed by atoms with E-state index in [-0.39, 0.29) is 15.5 Å². The summed E-state index contributed by atoms with van der Waals surface area (Å²) in [6.07, 6.45) is 0. The van der Waals surface area contributed by atoms with Crippen LogP contribution in [0.2, 0.25) is 12.6 Å². The zero-order valence-corrected chi connectivity index (χ0v) is 13.9. The molecule has 0 radical (unpaired) electrons. The minimum atomic E-state index is -0.282. The lowest BCUT2D eigenvalue weighted by atomic mass is 10.4. The van der Waals surface area contributed by atoms with E-state index in [2.05, 4.69) is 34.6 Å². The van der Waals surface area contributed by atoms with E-state index in [1.54, 1.807) is 11.9 Å². The molecule has 0 aromatic carbocycles. The highest BCUT2D eigenvalue weighted by atomic mass is 127. The lowest BCUT2D eigenvalue weighted by molar-refractivity contribution is -0.141. The molecule has 5 nitrogen and oxygen atoms in total. The Balaban J connectivity index is 2.46. The van der Waals surface area contributed by atoms with Crippen molar-refractivity contribution < 1.29 is 14.3 Å². The SMILES string of the molecule is CCOC(=O)C1=C(I)CNN1COCC[SiH2]C. The van der Waals surface area contributed by atoms with Crippen molar-refractivity contribution in [2.75, 3.05) is 26.5 Å². The van der Waals surface area contributed by atoms with Gasteiger partial charge in [-0.3, -0.25) is 5.01 Å². The van der Waals surface area contributed by atoms with Crippen LogP contribution in [0.1, 0.15) is 6.92 Å². The molecule has 1 aliphatic rings. The smallest absolute Gasteiger partial charge is 0.356 e. The van der Waals surface area contributed by atoms with Crippen molar-refractivity contribution in [3.63, 3.8) is 0 Å². The van der Waals surface area contributed by atoms with Crippen LogP contribution in [0, 0.1) is 0 Å². The molecule has 0 aliphatic carbocycles. The minimum Gasteiger partial charge on any atom is -0.461 e. The average molecular weight is 370 g/mol. The first-order valence-corrected chi connectivity index (χ1v) is 9.34. The second-order valence-electron chi connectivity index (χ2n) is 3.63. The van der Waals surface area contributed by atoms with Crippen LogP contribution in [0.4, 0.5) is 0 Å². The number of halogens is 1. The molecule has 0 atom stereocenters. The van der Waals surface area contributed by atoms with Gasteiger partial charge in [0.2, 0.25) is 0 Å². The Morgan fingerprint density at radius 3 is 3.06 bits per heavy atom. The zero-order chi connectivity index (χ0) is 12.7. The molecule has 0 unspecified atom stereocenters. The van der Waals surface area contributed by atoms with Crippen LogP contribution >= 0.6 is 22.6 Å². The summed E-state index contributed by atoms with van der Waals surface area (Å²) in [5, 5.41) is 1.73. The average Bonchev–Trinajstić information content (AvgIpc) is 2.66. The number of ether oxygens (including phenoxy) is 2. The Labute approximate surface area is 118 Å². The third-order valence-corrected chi connectivity index (χ3v) is 4.17. The normalized spacial score (nSPS) is 16.3. The number of carbonyl (C=O) groups is 1. The molecule has 0 fully saturated rings. The van der Waals surface area contributed by atoms with Crippen LogP contribution in [-0.4, -0.2) is 47.0 Å². The summed E-state index contributed by atoms with van der Waals surface area (Å²) in [5.41, 5.74) is 3.69. The Bertz CT molecular complexity index is 299. The van der Waals surface area contributed by atoms with E-state index in [1.165, 1.54) is 6.04 Å². The van der Waals surface area contributed by atoms with Gasteiger partial charge in [-0.25, -0.2) is 10.2 Å². The summed E-state index contributed by atoms with van der Waals surface area (Å²) in [5.74, 6) is -0.282. The molecule has 1 aliphatic heterocycles. The first kappa shape index (κ1) is 14.9. The molecule has 0 saturated carbocycles. The van der Waals surface area contributed by atoms with Crippen LogP contribution in [-0.2, 0) is 14.3 Å². The lowest BCUT2D eigenvalue weighted by Gasteiger charge is -2.20. The van der Waals surface area contributed by atoms with Crippen molar-refractivity contribution >= 4 is 38.1 Å². The monoisotopic (exact) mass is 370 g/mol. The molecule has 1 N–H and O–H groups in total. The van der Waals surface area contributed by atoms with Gasteiger partial charge in [-0.05, 0) is 35.6 Å². The van der Waals surface area contributed by atoms with Crippen LogP contribution in [0.25, 0.3) is 0 Å². The summed E-state index contributed by atoms with van der Waals surface area (Å²) >= 11 is 2.16. The Morgan fingerprint density at radius 1 is 1.65 bits per heavy atom. The highest BCUT2D eigenvalue weighted by Crippen LogP contribution is 2.21. The number of nitrogens with zero attached hydrogens (tertiary/aromatic N) is 1. The van der Waals surface area contributed by atoms with Crippen molar-refractivity contribution in [3.05, 3.63) is 9.28 Å². The zero-order valence-electron chi connectivity index (χ0n) is 10.3. The molecule has 17 heavy (non-hydrogen) atoms. The standard InChI is InChI=1S/C10H19IN2O3Si/c1-3-16-10(14)9-8(11)6-12-13(9)7-15-4-5-17-2/h12H,3-7,17H2,1-2H3. The Hall–Kier alpha value is -0.123. The third-order valence-electron chi connectivity index (χ3n) is 2.28. The lowest BCUT2D eigenvalue weighted by Crippen LogP contribution is -2.37. The second kappa shape index (κ2) is 8.06. The first-order chi connectivity index (χ1) is 8.20. The number of nitrogens with one attached hydrogen (secondary N) is 1. The van der Waals surface area contributed by atoms with Gasteiger partial charge in [0.15, 0.2) is 5.70 Å². The number of rotatable bonds is 7. The van der Waals surface area contributed by atoms with Gasteiger partial charge in [0.25, 0.3) is 0 Å². The summed E-state index contributed by atoms with van der Waals surface area (Å²) in [7, 11) is 0.0558. The van der Waals surface area contributed by atoms with E-state index >= 15 is 0 Å². The fourth-order valence-electron chi connectivity index (χ4n) is 1.41. The predicted octanol–water partition coefficient (Wildman–Crippen LogP) is 0.626. The first-order valence-electron chi connectivity index (χ1n) is 5.85. The maximum atomic E-state index is 11.7. The summed E-state index contributed by atoms with van der Waals surface area (Å²) in [4.78, 5) is 11.7. The minimum absolute atomic E-state index is 0.0558. The molecular weight excluding hydrogens is 351 g/mol. The maximum Gasteiger partial charge on any atom is 0.356 e. The van der Waals surface area contributed by atoms with E-state index in [0.29, 0.717) is 25.6 Å². The number of hydrogen-bond donors (Lipinski definition) is 1. The number of esters is 1. The maximum absolute atomic E-state index is 11.7. The van der Waals surface area contributed by atoms with Crippen LogP contribution in [0.5, 0.6) is 0 Å². The van der Waals surface area contributed by atoms with Gasteiger partial charge in [0, 0.05) is 26.3 Å². The molecule has 0 aromatic heterocycles. The van der Waals surface area contributed by atoms with Crippen LogP contribution in [0.3, 0.4) is 0 Å². The van der Waals surface area contributed by atoms with Crippen molar-refractivity contribution in [2.24, 2.45) is 0 Å². The fourth-order valence-corrected chi connectivity index (χ4v) is 2.58. The molecule has 1 rings (SSSR count). The summed E-state index contributed by atoms with van der Waals surface area (Å²) in [6.45, 7) is 6.29. The fraction of sp³-hybridized carbons (Fsp3) is 0.700. The molecule has 0 bridgehead atoms. The van der Waals surface area contributed by atoms with E-state index < -0.39 is 0 Å². The van der Waals surface area contributed by atoms with Crippen molar-refractivity contribution in [1.29, 1.82) is 0 Å². The number of hydrogen-bond acceptors (Lipinski definition) is 5. The van der Waals surface area contributed by atoms with Gasteiger partial charge < -0.3 is 9.47 Å². The largest absolute Gasteiger partial charge is 0.461 e. The van der Waals surface area contributed by atoms with Crippen molar-refractivity contribution in [3.8, 4) is 0 Å². The van der Waals surface area contributed by atoms with E-state index in [1.807, 2.05) is 0 Å². The quantitative estimate of drug-likeness (QED) is 0.308. The number of hydrazine groups is 1. The van der Waals surface area contributed by atoms with Gasteiger partial charge in [-0.2, -0.15) is 0 Å². The molecule has 1 heterocycles. The molecule has 98 valence electrons. The van der Waals surface area contributed by atoms with E-state index in [9.17, 15) is 4.79 Å². The summed E-state index contributed by atoms with van der Waals surface area (Å²) in [6, 6.07) is 1.17. The van der Waals surface area contributed by atoms with Crippen LogP contribution < -0.4 is 5.43 Å². The van der Waals surface area contributed by atoms with Crippen molar-refractivity contribution in [2.45, 2.75) is 19.5 Å². The molecular formula is C10H19IN2O3Si. The topological polar surface area (TPSA) is 50.8 Å². The predicted molar refractivity (Wildman–Crippen MR) is 77.6 cm³/mol. The molecule has 0 spiro atoms. The highest BCUT2D eigenvalue weighted by molar-refractivity contribution is 14.1. The van der Waals surface area contributed by atoms with Gasteiger partial charge in [-0.15, -0.1) is 0 Å². The molecule has 0 aromatic rings. The summed E-state index contributed by atoms with van der Waals surface area (Å²) < 4.78 is 11.5. The van der Waals surface area contributed by atoms with E-state index in [4.69, 9.17) is 9.47 Å². The molecule has 0 amide bonds. The molecule has 7 heteroatoms. The van der Waals surface area contributed by atoms with Gasteiger partial charge in [-0.1, -0.05) is 6.55 Å². The van der Waals surface area contributed by atoms with Gasteiger partial charge in [0.05, 0.1) is 6.61 Å². The van der Waals surface area contributed by atoms with E-state index in [0.717, 1.165) is 10.2 Å². The van der Waals surface area contributed by atoms with Gasteiger partial charge in [0.1, 0.15) is 6.73 Å². The van der Waals surface area contributed by atoms with Gasteiger partial charge >= 0.3 is 5.97 Å². The second-order valence-corrected chi connectivity index (χ2v) is 6.64. The Morgan fingerprint density at radius 2 is 2.41 bits per heavy atom. The molecule has 0 saturated heterocycles. The van der Waals surface area contributed by atoms with Crippen molar-refractivity contribution in [1.82, 2.24) is 10.4 Å². The third kappa shape index (κ3) is 4.57. The Kier molecular flexibility index (Phi) is 7.08.